The first-order valence-electron chi connectivity index (χ1n) is 16.7. The van der Waals surface area contributed by atoms with Crippen LogP contribution in [0.2, 0.25) is 0 Å². The van der Waals surface area contributed by atoms with E-state index in [-0.39, 0.29) is 0 Å². The summed E-state index contributed by atoms with van der Waals surface area (Å²) in [6.45, 7) is 0. The molecule has 10 rings (SSSR count). The predicted molar refractivity (Wildman–Crippen MR) is 201 cm³/mol. The van der Waals surface area contributed by atoms with E-state index in [4.69, 9.17) is 15.0 Å². The van der Waals surface area contributed by atoms with E-state index in [0.717, 1.165) is 22.3 Å². The Balaban J connectivity index is 1.23. The highest BCUT2D eigenvalue weighted by atomic mass is 32.2. The van der Waals surface area contributed by atoms with Crippen LogP contribution in [0.1, 0.15) is 22.3 Å². The van der Waals surface area contributed by atoms with Gasteiger partial charge in [0.15, 0.2) is 17.5 Å². The zero-order valence-electron chi connectivity index (χ0n) is 26.9. The van der Waals surface area contributed by atoms with E-state index >= 15 is 0 Å². The molecule has 6 aromatic carbocycles. The van der Waals surface area contributed by atoms with Gasteiger partial charge in [-0.1, -0.05) is 157 Å². The maximum atomic E-state index is 5.11. The van der Waals surface area contributed by atoms with Gasteiger partial charge in [-0.3, -0.25) is 4.98 Å². The van der Waals surface area contributed by atoms with E-state index in [2.05, 4.69) is 120 Å². The highest BCUT2D eigenvalue weighted by Crippen LogP contribution is 2.63. The number of hydrogen-bond acceptors (Lipinski definition) is 5. The number of aromatic nitrogens is 4. The Kier molecular flexibility index (Phi) is 6.61. The summed E-state index contributed by atoms with van der Waals surface area (Å²) in [5.74, 6) is 1.77. The maximum absolute atomic E-state index is 5.11. The van der Waals surface area contributed by atoms with Crippen LogP contribution in [0.5, 0.6) is 0 Å². The molecule has 2 aliphatic rings. The fraction of sp³-hybridized carbons (Fsp3) is 0.0222. The summed E-state index contributed by atoms with van der Waals surface area (Å²) in [7, 11) is 0. The van der Waals surface area contributed by atoms with Crippen LogP contribution < -0.4 is 0 Å². The van der Waals surface area contributed by atoms with Gasteiger partial charge in [0.25, 0.3) is 0 Å². The Labute approximate surface area is 294 Å². The monoisotopic (exact) mass is 656 g/mol. The van der Waals surface area contributed by atoms with Crippen LogP contribution in [0, 0.1) is 0 Å². The Morgan fingerprint density at radius 3 is 1.68 bits per heavy atom. The molecule has 0 amide bonds. The fourth-order valence-corrected chi connectivity index (χ4v) is 9.14. The average Bonchev–Trinajstić information content (AvgIpc) is 3.49. The molecule has 8 aromatic rings. The molecule has 50 heavy (non-hydrogen) atoms. The van der Waals surface area contributed by atoms with Crippen molar-refractivity contribution in [2.24, 2.45) is 0 Å². The minimum absolute atomic E-state index is 0.449. The first kappa shape index (κ1) is 28.8. The van der Waals surface area contributed by atoms with Crippen molar-refractivity contribution in [3.8, 4) is 56.5 Å². The van der Waals surface area contributed by atoms with Gasteiger partial charge in [0.1, 0.15) is 5.69 Å². The minimum atomic E-state index is -0.449. The maximum Gasteiger partial charge on any atom is 0.182 e. The largest absolute Gasteiger partial charge is 0.253 e. The van der Waals surface area contributed by atoms with Crippen LogP contribution in [-0.2, 0) is 5.41 Å². The third kappa shape index (κ3) is 4.27. The van der Waals surface area contributed by atoms with Gasteiger partial charge >= 0.3 is 0 Å². The first-order valence-corrected chi connectivity index (χ1v) is 17.6. The van der Waals surface area contributed by atoms with Crippen molar-refractivity contribution in [1.82, 2.24) is 19.9 Å². The summed E-state index contributed by atoms with van der Waals surface area (Å²) in [4.78, 5) is 22.2. The molecular formula is C45H28N4S. The molecule has 0 radical (unpaired) electrons. The molecule has 2 aromatic heterocycles. The normalized spacial score (nSPS) is 13.3. The van der Waals surface area contributed by atoms with Gasteiger partial charge in [0.05, 0.1) is 5.41 Å². The third-order valence-corrected chi connectivity index (χ3v) is 11.1. The summed E-state index contributed by atoms with van der Waals surface area (Å²) in [6, 6.07) is 58.0. The molecule has 3 heterocycles. The summed E-state index contributed by atoms with van der Waals surface area (Å²) < 4.78 is 0. The molecule has 234 valence electrons. The highest BCUT2D eigenvalue weighted by Gasteiger charge is 2.50. The van der Waals surface area contributed by atoms with Gasteiger partial charge in [0.2, 0.25) is 0 Å². The van der Waals surface area contributed by atoms with Gasteiger partial charge in [-0.15, -0.1) is 0 Å². The molecule has 5 heteroatoms. The van der Waals surface area contributed by atoms with Crippen molar-refractivity contribution in [2.45, 2.75) is 15.2 Å². The van der Waals surface area contributed by atoms with Gasteiger partial charge in [-0.05, 0) is 62.7 Å². The van der Waals surface area contributed by atoms with Gasteiger partial charge < -0.3 is 0 Å². The second-order valence-electron chi connectivity index (χ2n) is 12.6. The number of hydrogen-bond donors (Lipinski definition) is 0. The van der Waals surface area contributed by atoms with Crippen molar-refractivity contribution < 1.29 is 0 Å². The van der Waals surface area contributed by atoms with E-state index in [1.807, 2.05) is 60.3 Å². The van der Waals surface area contributed by atoms with Crippen molar-refractivity contribution in [3.63, 3.8) is 0 Å². The number of fused-ring (bicyclic) bond motifs is 9. The van der Waals surface area contributed by atoms with Gasteiger partial charge in [0, 0.05) is 27.1 Å². The van der Waals surface area contributed by atoms with Crippen LogP contribution in [0.25, 0.3) is 56.5 Å². The average molecular weight is 657 g/mol. The predicted octanol–water partition coefficient (Wildman–Crippen LogP) is 10.8. The minimum Gasteiger partial charge on any atom is -0.253 e. The van der Waals surface area contributed by atoms with Crippen molar-refractivity contribution in [1.29, 1.82) is 0 Å². The van der Waals surface area contributed by atoms with Crippen molar-refractivity contribution >= 4 is 11.8 Å². The molecule has 4 nitrogen and oxygen atoms in total. The number of nitrogens with zero attached hydrogens (tertiary/aromatic N) is 4. The molecule has 0 N–H and O–H groups in total. The Bertz CT molecular complexity index is 2480. The Hall–Kier alpha value is -6.17. The topological polar surface area (TPSA) is 51.6 Å². The summed E-state index contributed by atoms with van der Waals surface area (Å²) in [5.41, 5.74) is 12.2. The molecule has 0 bridgehead atoms. The standard InChI is InChI=1S/C45H28N4S/c1-2-15-29(16-3-1)42-47-43(49-44(48-42)39-26-12-13-28-46-39)34-20-5-4-17-30(34)33-21-14-25-38-41(33)50-40-27-11-10-24-37(40)45(38)35-22-8-6-18-31(35)32-19-7-9-23-36(32)45/h1-28H. The lowest BCUT2D eigenvalue weighted by Gasteiger charge is -2.40. The van der Waals surface area contributed by atoms with E-state index in [9.17, 15) is 0 Å². The Morgan fingerprint density at radius 2 is 0.940 bits per heavy atom. The second kappa shape index (κ2) is 11.5. The summed E-state index contributed by atoms with van der Waals surface area (Å²) in [5, 5.41) is 0. The van der Waals surface area contributed by atoms with Crippen LogP contribution in [0.3, 0.4) is 0 Å². The molecule has 0 fully saturated rings. The quantitative estimate of drug-likeness (QED) is 0.189. The Morgan fingerprint density at radius 1 is 0.380 bits per heavy atom. The molecule has 1 aliphatic heterocycles. The lowest BCUT2D eigenvalue weighted by atomic mass is 9.67. The van der Waals surface area contributed by atoms with Crippen molar-refractivity contribution in [2.75, 3.05) is 0 Å². The lowest BCUT2D eigenvalue weighted by Crippen LogP contribution is -2.32. The van der Waals surface area contributed by atoms with Gasteiger partial charge in [-0.25, -0.2) is 15.0 Å². The number of benzene rings is 6. The number of rotatable bonds is 4. The second-order valence-corrected chi connectivity index (χ2v) is 13.6. The SMILES string of the molecule is c1ccc(-c2nc(-c3ccccn3)nc(-c3ccccc3-c3cccc4c3Sc3ccccc3C43c4ccccc4-c4ccccc43)n2)cc1. The molecular weight excluding hydrogens is 629 g/mol. The van der Waals surface area contributed by atoms with Crippen LogP contribution in [0.4, 0.5) is 0 Å². The van der Waals surface area contributed by atoms with E-state index in [1.165, 1.54) is 43.2 Å². The van der Waals surface area contributed by atoms with Crippen LogP contribution >= 0.6 is 11.8 Å². The zero-order valence-corrected chi connectivity index (χ0v) is 27.7. The van der Waals surface area contributed by atoms with Gasteiger partial charge in [-0.2, -0.15) is 0 Å². The molecule has 0 unspecified atom stereocenters. The summed E-state index contributed by atoms with van der Waals surface area (Å²) in [6.07, 6.45) is 1.77. The van der Waals surface area contributed by atoms with E-state index < -0.39 is 5.41 Å². The highest BCUT2D eigenvalue weighted by molar-refractivity contribution is 7.99. The lowest BCUT2D eigenvalue weighted by molar-refractivity contribution is 0.723. The zero-order chi connectivity index (χ0) is 33.1. The molecule has 0 saturated heterocycles. The van der Waals surface area contributed by atoms with E-state index in [0.29, 0.717) is 23.2 Å². The first-order chi connectivity index (χ1) is 24.8. The van der Waals surface area contributed by atoms with Crippen LogP contribution in [0.15, 0.2) is 180 Å². The third-order valence-electron chi connectivity index (χ3n) is 9.89. The molecule has 1 spiro atoms. The smallest absolute Gasteiger partial charge is 0.182 e. The molecule has 0 atom stereocenters. The van der Waals surface area contributed by atoms with Crippen LogP contribution in [-0.4, -0.2) is 19.9 Å². The summed E-state index contributed by atoms with van der Waals surface area (Å²) >= 11 is 1.85. The fourth-order valence-electron chi connectivity index (χ4n) is 7.83. The van der Waals surface area contributed by atoms with Crippen molar-refractivity contribution in [3.05, 3.63) is 192 Å². The molecule has 0 saturated carbocycles. The number of pyridine rings is 1. The molecule has 1 aliphatic carbocycles. The van der Waals surface area contributed by atoms with E-state index in [1.54, 1.807) is 6.20 Å².